The SMILES string of the molecule is CCNc1nnc(CN(C)C(C)CC#N)s1. The van der Waals surface area contributed by atoms with Gasteiger partial charge in [-0.3, -0.25) is 4.90 Å². The molecule has 1 heterocycles. The fourth-order valence-corrected chi connectivity index (χ4v) is 2.07. The topological polar surface area (TPSA) is 64.8 Å². The van der Waals surface area contributed by atoms with Crippen LogP contribution in [0.25, 0.3) is 0 Å². The van der Waals surface area contributed by atoms with E-state index in [1.54, 1.807) is 11.3 Å². The molecule has 1 aromatic rings. The molecule has 0 aromatic carbocycles. The Hall–Kier alpha value is -1.19. The molecule has 0 aliphatic heterocycles. The Balaban J connectivity index is 2.49. The van der Waals surface area contributed by atoms with Gasteiger partial charge in [-0.05, 0) is 20.9 Å². The normalized spacial score (nSPS) is 12.4. The molecule has 1 aromatic heterocycles. The molecular formula is C10H17N5S. The molecule has 0 aliphatic carbocycles. The van der Waals surface area contributed by atoms with E-state index >= 15 is 0 Å². The van der Waals surface area contributed by atoms with E-state index in [2.05, 4.69) is 26.5 Å². The highest BCUT2D eigenvalue weighted by molar-refractivity contribution is 7.15. The monoisotopic (exact) mass is 239 g/mol. The Kier molecular flexibility index (Phi) is 5.15. The van der Waals surface area contributed by atoms with E-state index in [4.69, 9.17) is 5.26 Å². The zero-order chi connectivity index (χ0) is 12.0. The van der Waals surface area contributed by atoms with Crippen molar-refractivity contribution >= 4 is 16.5 Å². The fourth-order valence-electron chi connectivity index (χ4n) is 1.20. The molecule has 0 aliphatic rings. The van der Waals surface area contributed by atoms with Crippen LogP contribution in [0.5, 0.6) is 0 Å². The Bertz CT molecular complexity index is 356. The second-order valence-electron chi connectivity index (χ2n) is 3.66. The molecular weight excluding hydrogens is 222 g/mol. The highest BCUT2D eigenvalue weighted by Gasteiger charge is 2.12. The molecule has 16 heavy (non-hydrogen) atoms. The molecule has 0 amide bonds. The molecule has 0 fully saturated rings. The number of nitriles is 1. The van der Waals surface area contributed by atoms with Crippen LogP contribution in [0, 0.1) is 11.3 Å². The van der Waals surface area contributed by atoms with Gasteiger partial charge in [-0.25, -0.2) is 0 Å². The van der Waals surface area contributed by atoms with Crippen molar-refractivity contribution in [2.24, 2.45) is 0 Å². The molecule has 1 atom stereocenters. The van der Waals surface area contributed by atoms with Crippen LogP contribution < -0.4 is 5.32 Å². The highest BCUT2D eigenvalue weighted by Crippen LogP contribution is 2.17. The lowest BCUT2D eigenvalue weighted by Crippen LogP contribution is -2.28. The maximum atomic E-state index is 8.61. The van der Waals surface area contributed by atoms with E-state index in [1.165, 1.54) is 0 Å². The molecule has 0 saturated carbocycles. The minimum atomic E-state index is 0.247. The summed E-state index contributed by atoms with van der Waals surface area (Å²) >= 11 is 1.56. The van der Waals surface area contributed by atoms with E-state index < -0.39 is 0 Å². The predicted molar refractivity (Wildman–Crippen MR) is 65.2 cm³/mol. The Morgan fingerprint density at radius 3 is 2.94 bits per heavy atom. The first-order chi connectivity index (χ1) is 7.67. The summed E-state index contributed by atoms with van der Waals surface area (Å²) in [5.74, 6) is 0. The number of anilines is 1. The largest absolute Gasteiger partial charge is 0.360 e. The van der Waals surface area contributed by atoms with Crippen molar-refractivity contribution in [3.05, 3.63) is 5.01 Å². The first-order valence-electron chi connectivity index (χ1n) is 5.30. The summed E-state index contributed by atoms with van der Waals surface area (Å²) < 4.78 is 0. The average Bonchev–Trinajstić information content (AvgIpc) is 2.66. The smallest absolute Gasteiger partial charge is 0.205 e. The van der Waals surface area contributed by atoms with Gasteiger partial charge in [-0.15, -0.1) is 10.2 Å². The van der Waals surface area contributed by atoms with Gasteiger partial charge in [-0.2, -0.15) is 5.26 Å². The number of nitrogens with zero attached hydrogens (tertiary/aromatic N) is 4. The number of nitrogens with one attached hydrogen (secondary N) is 1. The fraction of sp³-hybridized carbons (Fsp3) is 0.700. The van der Waals surface area contributed by atoms with Crippen molar-refractivity contribution in [2.45, 2.75) is 32.9 Å². The zero-order valence-corrected chi connectivity index (χ0v) is 10.7. The van der Waals surface area contributed by atoms with Gasteiger partial charge >= 0.3 is 0 Å². The van der Waals surface area contributed by atoms with Crippen LogP contribution in [0.15, 0.2) is 0 Å². The number of rotatable bonds is 6. The second-order valence-corrected chi connectivity index (χ2v) is 4.72. The van der Waals surface area contributed by atoms with Gasteiger partial charge in [0.2, 0.25) is 5.13 Å². The molecule has 88 valence electrons. The third-order valence-corrected chi connectivity index (χ3v) is 3.18. The Morgan fingerprint density at radius 2 is 2.31 bits per heavy atom. The van der Waals surface area contributed by atoms with Crippen LogP contribution in [0.2, 0.25) is 0 Å². The van der Waals surface area contributed by atoms with Crippen molar-refractivity contribution in [3.63, 3.8) is 0 Å². The first-order valence-corrected chi connectivity index (χ1v) is 6.12. The maximum Gasteiger partial charge on any atom is 0.205 e. The molecule has 1 unspecified atom stereocenters. The van der Waals surface area contributed by atoms with Crippen LogP contribution >= 0.6 is 11.3 Å². The van der Waals surface area contributed by atoms with Gasteiger partial charge in [-0.1, -0.05) is 11.3 Å². The summed E-state index contributed by atoms with van der Waals surface area (Å²) in [4.78, 5) is 2.11. The van der Waals surface area contributed by atoms with E-state index in [-0.39, 0.29) is 6.04 Å². The molecule has 1 N–H and O–H groups in total. The van der Waals surface area contributed by atoms with Crippen molar-refractivity contribution in [1.29, 1.82) is 5.26 Å². The Labute approximate surface area is 100 Å². The van der Waals surface area contributed by atoms with E-state index in [1.807, 2.05) is 20.9 Å². The van der Waals surface area contributed by atoms with E-state index in [0.717, 1.165) is 23.2 Å². The minimum absolute atomic E-state index is 0.247. The average molecular weight is 239 g/mol. The summed E-state index contributed by atoms with van der Waals surface area (Å²) in [6.45, 7) is 5.67. The third-order valence-electron chi connectivity index (χ3n) is 2.32. The highest BCUT2D eigenvalue weighted by atomic mass is 32.1. The molecule has 0 spiro atoms. The summed E-state index contributed by atoms with van der Waals surface area (Å²) in [6.07, 6.45) is 0.537. The van der Waals surface area contributed by atoms with Crippen molar-refractivity contribution < 1.29 is 0 Å². The van der Waals surface area contributed by atoms with E-state index in [0.29, 0.717) is 6.42 Å². The van der Waals surface area contributed by atoms with Crippen molar-refractivity contribution in [3.8, 4) is 6.07 Å². The Morgan fingerprint density at radius 1 is 1.56 bits per heavy atom. The van der Waals surface area contributed by atoms with Crippen LogP contribution in [0.1, 0.15) is 25.3 Å². The number of hydrogen-bond acceptors (Lipinski definition) is 6. The third kappa shape index (κ3) is 3.76. The van der Waals surface area contributed by atoms with Gasteiger partial charge in [0.1, 0.15) is 5.01 Å². The standard InChI is InChI=1S/C10H17N5S/c1-4-12-10-14-13-9(16-10)7-15(3)8(2)5-6-11/h8H,4-5,7H2,1-3H3,(H,12,14). The maximum absolute atomic E-state index is 8.61. The minimum Gasteiger partial charge on any atom is -0.360 e. The van der Waals surface area contributed by atoms with Crippen molar-refractivity contribution in [1.82, 2.24) is 15.1 Å². The summed E-state index contributed by atoms with van der Waals surface area (Å²) in [5, 5.41) is 21.7. The lowest BCUT2D eigenvalue weighted by molar-refractivity contribution is 0.251. The predicted octanol–water partition coefficient (Wildman–Crippen LogP) is 1.70. The van der Waals surface area contributed by atoms with Gasteiger partial charge in [0.15, 0.2) is 0 Å². The molecule has 0 radical (unpaired) electrons. The molecule has 0 bridgehead atoms. The molecule has 1 rings (SSSR count). The number of aromatic nitrogens is 2. The van der Waals surface area contributed by atoms with Crippen molar-refractivity contribution in [2.75, 3.05) is 18.9 Å². The van der Waals surface area contributed by atoms with Gasteiger partial charge < -0.3 is 5.32 Å². The van der Waals surface area contributed by atoms with Gasteiger partial charge in [0.05, 0.1) is 19.0 Å². The summed E-state index contributed by atoms with van der Waals surface area (Å²) in [5.41, 5.74) is 0. The quantitative estimate of drug-likeness (QED) is 0.818. The first kappa shape index (κ1) is 12.9. The van der Waals surface area contributed by atoms with Crippen LogP contribution in [0.3, 0.4) is 0 Å². The molecule has 0 saturated heterocycles. The zero-order valence-electron chi connectivity index (χ0n) is 9.90. The molecule has 5 nitrogen and oxygen atoms in total. The lowest BCUT2D eigenvalue weighted by Gasteiger charge is -2.20. The van der Waals surface area contributed by atoms with Gasteiger partial charge in [0, 0.05) is 12.6 Å². The summed E-state index contributed by atoms with van der Waals surface area (Å²) in [6, 6.07) is 2.42. The van der Waals surface area contributed by atoms with Gasteiger partial charge in [0.25, 0.3) is 0 Å². The molecule has 6 heteroatoms. The summed E-state index contributed by atoms with van der Waals surface area (Å²) in [7, 11) is 2.00. The number of hydrogen-bond donors (Lipinski definition) is 1. The van der Waals surface area contributed by atoms with Crippen LogP contribution in [-0.2, 0) is 6.54 Å². The van der Waals surface area contributed by atoms with Crippen LogP contribution in [0.4, 0.5) is 5.13 Å². The van der Waals surface area contributed by atoms with Crippen LogP contribution in [-0.4, -0.2) is 34.7 Å². The lowest BCUT2D eigenvalue weighted by atomic mass is 10.2. The van der Waals surface area contributed by atoms with E-state index in [9.17, 15) is 0 Å². The second kappa shape index (κ2) is 6.40.